The second kappa shape index (κ2) is 8.31. The molecule has 3 atom stereocenters. The first-order valence-electron chi connectivity index (χ1n) is 9.25. The maximum atomic E-state index is 14.3. The molecule has 1 aliphatic carbocycles. The van der Waals surface area contributed by atoms with Crippen LogP contribution in [-0.2, 0) is 9.47 Å². The lowest BCUT2D eigenvalue weighted by molar-refractivity contribution is -0.162. The molecule has 1 heterocycles. The van der Waals surface area contributed by atoms with Crippen molar-refractivity contribution < 1.29 is 31.8 Å². The Morgan fingerprint density at radius 3 is 2.54 bits per heavy atom. The number of likely N-dealkylation sites (tertiary alicyclic amines) is 1. The molecular weight excluding hydrogens is 354 g/mol. The Morgan fingerprint density at radius 2 is 1.92 bits per heavy atom. The summed E-state index contributed by atoms with van der Waals surface area (Å²) in [6, 6.07) is -0.569. The summed E-state index contributed by atoms with van der Waals surface area (Å²) < 4.78 is 62.7. The summed E-state index contributed by atoms with van der Waals surface area (Å²) in [5, 5.41) is 0. The summed E-state index contributed by atoms with van der Waals surface area (Å²) in [7, 11) is 0. The van der Waals surface area contributed by atoms with Crippen molar-refractivity contribution in [3.8, 4) is 0 Å². The molecule has 0 bridgehead atoms. The standard InChI is InChI=1S/C18H29F4NO3/c1-17(2,3)12-7-8-18(21,22)14(10-12)26-16(24)23-9-5-4-6-13(23)11-25-15(19)20/h12-15H,4-11H2,1-3H3. The SMILES string of the molecule is CC(C)(C)C1CCC(F)(F)C(OC(=O)N2CCCCC2COC(F)F)C1. The topological polar surface area (TPSA) is 38.8 Å². The molecule has 152 valence electrons. The lowest BCUT2D eigenvalue weighted by Gasteiger charge is -2.42. The van der Waals surface area contributed by atoms with Gasteiger partial charge in [-0.05, 0) is 43.4 Å². The molecule has 2 fully saturated rings. The van der Waals surface area contributed by atoms with Crippen LogP contribution in [0, 0.1) is 11.3 Å². The highest BCUT2D eigenvalue weighted by atomic mass is 19.3. The Labute approximate surface area is 152 Å². The number of piperidine rings is 1. The van der Waals surface area contributed by atoms with Crippen LogP contribution in [0.4, 0.5) is 22.4 Å². The number of amides is 1. The summed E-state index contributed by atoms with van der Waals surface area (Å²) in [5.74, 6) is -3.04. The lowest BCUT2D eigenvalue weighted by Crippen LogP contribution is -2.51. The van der Waals surface area contributed by atoms with Crippen molar-refractivity contribution in [1.82, 2.24) is 4.90 Å². The zero-order chi connectivity index (χ0) is 19.5. The van der Waals surface area contributed by atoms with Crippen LogP contribution in [0.1, 0.15) is 59.3 Å². The van der Waals surface area contributed by atoms with Crippen LogP contribution in [0.5, 0.6) is 0 Å². The number of alkyl halides is 4. The monoisotopic (exact) mass is 383 g/mol. The third-order valence-corrected chi connectivity index (χ3v) is 5.54. The van der Waals surface area contributed by atoms with E-state index in [1.165, 1.54) is 4.90 Å². The Kier molecular flexibility index (Phi) is 6.80. The predicted octanol–water partition coefficient (Wildman–Crippen LogP) is 5.07. The van der Waals surface area contributed by atoms with Gasteiger partial charge in [0.05, 0.1) is 12.6 Å². The van der Waals surface area contributed by atoms with E-state index in [9.17, 15) is 22.4 Å². The van der Waals surface area contributed by atoms with Crippen LogP contribution in [0.3, 0.4) is 0 Å². The fraction of sp³-hybridized carbons (Fsp3) is 0.944. The average molecular weight is 383 g/mol. The number of carbonyl (C=O) groups is 1. The highest BCUT2D eigenvalue weighted by Gasteiger charge is 2.50. The van der Waals surface area contributed by atoms with Gasteiger partial charge < -0.3 is 14.4 Å². The molecule has 0 aromatic rings. The van der Waals surface area contributed by atoms with Crippen LogP contribution in [-0.4, -0.2) is 48.8 Å². The summed E-state index contributed by atoms with van der Waals surface area (Å²) in [6.45, 7) is 3.02. The van der Waals surface area contributed by atoms with Crippen molar-refractivity contribution in [1.29, 1.82) is 0 Å². The summed E-state index contributed by atoms with van der Waals surface area (Å²) >= 11 is 0. The van der Waals surface area contributed by atoms with E-state index in [1.54, 1.807) is 0 Å². The number of hydrogen-bond donors (Lipinski definition) is 0. The molecule has 0 aromatic heterocycles. The van der Waals surface area contributed by atoms with Gasteiger partial charge in [0, 0.05) is 13.0 Å². The molecule has 0 aromatic carbocycles. The van der Waals surface area contributed by atoms with Crippen LogP contribution >= 0.6 is 0 Å². The summed E-state index contributed by atoms with van der Waals surface area (Å²) in [5.41, 5.74) is -0.153. The minimum absolute atomic E-state index is 0.0271. The second-order valence-electron chi connectivity index (χ2n) is 8.41. The fourth-order valence-electron chi connectivity index (χ4n) is 3.78. The Morgan fingerprint density at radius 1 is 1.23 bits per heavy atom. The first kappa shape index (κ1) is 21.3. The van der Waals surface area contributed by atoms with E-state index in [0.717, 1.165) is 6.42 Å². The Balaban J connectivity index is 2.02. The highest BCUT2D eigenvalue weighted by molar-refractivity contribution is 5.68. The second-order valence-corrected chi connectivity index (χ2v) is 8.41. The lowest BCUT2D eigenvalue weighted by atomic mass is 9.70. The molecule has 1 saturated carbocycles. The summed E-state index contributed by atoms with van der Waals surface area (Å²) in [4.78, 5) is 13.8. The molecular formula is C18H29F4NO3. The smallest absolute Gasteiger partial charge is 0.410 e. The van der Waals surface area contributed by atoms with E-state index in [4.69, 9.17) is 4.74 Å². The molecule has 1 saturated heterocycles. The van der Waals surface area contributed by atoms with Crippen LogP contribution in [0.25, 0.3) is 0 Å². The Bertz CT molecular complexity index is 482. The van der Waals surface area contributed by atoms with Gasteiger partial charge in [-0.1, -0.05) is 20.8 Å². The van der Waals surface area contributed by atoms with E-state index in [1.807, 2.05) is 20.8 Å². The van der Waals surface area contributed by atoms with Gasteiger partial charge in [-0.25, -0.2) is 13.6 Å². The van der Waals surface area contributed by atoms with Crippen molar-refractivity contribution in [2.24, 2.45) is 11.3 Å². The number of rotatable bonds is 4. The summed E-state index contributed by atoms with van der Waals surface area (Å²) in [6.07, 6.45) is -0.205. The number of nitrogens with zero attached hydrogens (tertiary/aromatic N) is 1. The van der Waals surface area contributed by atoms with Crippen LogP contribution in [0.2, 0.25) is 0 Å². The molecule has 1 amide bonds. The molecule has 0 radical (unpaired) electrons. The van der Waals surface area contributed by atoms with Crippen molar-refractivity contribution >= 4 is 6.09 Å². The Hall–Kier alpha value is -1.05. The highest BCUT2D eigenvalue weighted by Crippen LogP contribution is 2.45. The van der Waals surface area contributed by atoms with Crippen LogP contribution in [0.15, 0.2) is 0 Å². The van der Waals surface area contributed by atoms with Gasteiger partial charge in [0.25, 0.3) is 5.92 Å². The van der Waals surface area contributed by atoms with E-state index in [2.05, 4.69) is 4.74 Å². The van der Waals surface area contributed by atoms with Gasteiger partial charge in [-0.15, -0.1) is 0 Å². The van der Waals surface area contributed by atoms with Gasteiger partial charge >= 0.3 is 12.7 Å². The van der Waals surface area contributed by atoms with Crippen molar-refractivity contribution in [2.45, 2.75) is 84.0 Å². The van der Waals surface area contributed by atoms with E-state index >= 15 is 0 Å². The van der Waals surface area contributed by atoms with E-state index in [0.29, 0.717) is 25.8 Å². The first-order valence-corrected chi connectivity index (χ1v) is 9.25. The quantitative estimate of drug-likeness (QED) is 0.637. The van der Waals surface area contributed by atoms with Gasteiger partial charge in [-0.2, -0.15) is 8.78 Å². The van der Waals surface area contributed by atoms with Crippen molar-refractivity contribution in [2.75, 3.05) is 13.2 Å². The minimum Gasteiger partial charge on any atom is -0.440 e. The van der Waals surface area contributed by atoms with Gasteiger partial charge in [0.1, 0.15) is 0 Å². The molecule has 3 unspecified atom stereocenters. The zero-order valence-electron chi connectivity index (χ0n) is 15.7. The predicted molar refractivity (Wildman–Crippen MR) is 88.3 cm³/mol. The zero-order valence-corrected chi connectivity index (χ0v) is 15.7. The van der Waals surface area contributed by atoms with Crippen molar-refractivity contribution in [3.63, 3.8) is 0 Å². The first-order chi connectivity index (χ1) is 12.0. The molecule has 26 heavy (non-hydrogen) atoms. The third kappa shape index (κ3) is 5.47. The fourth-order valence-corrected chi connectivity index (χ4v) is 3.78. The van der Waals surface area contributed by atoms with Gasteiger partial charge in [0.15, 0.2) is 6.10 Å². The molecule has 0 N–H and O–H groups in total. The van der Waals surface area contributed by atoms with E-state index in [-0.39, 0.29) is 30.8 Å². The maximum Gasteiger partial charge on any atom is 0.410 e. The number of ether oxygens (including phenoxy) is 2. The van der Waals surface area contributed by atoms with Crippen molar-refractivity contribution in [3.05, 3.63) is 0 Å². The number of hydrogen-bond acceptors (Lipinski definition) is 3. The molecule has 2 aliphatic rings. The maximum absolute atomic E-state index is 14.3. The molecule has 0 spiro atoms. The number of halogens is 4. The normalized spacial score (nSPS) is 29.7. The molecule has 4 nitrogen and oxygen atoms in total. The molecule has 2 rings (SSSR count). The molecule has 1 aliphatic heterocycles. The molecule has 8 heteroatoms. The largest absolute Gasteiger partial charge is 0.440 e. The third-order valence-electron chi connectivity index (χ3n) is 5.54. The van der Waals surface area contributed by atoms with Gasteiger partial charge in [-0.3, -0.25) is 0 Å². The van der Waals surface area contributed by atoms with Gasteiger partial charge in [0.2, 0.25) is 0 Å². The van der Waals surface area contributed by atoms with E-state index < -0.39 is 30.8 Å². The van der Waals surface area contributed by atoms with Crippen LogP contribution < -0.4 is 0 Å². The minimum atomic E-state index is -3.07. The average Bonchev–Trinajstić information content (AvgIpc) is 2.53. The number of carbonyl (C=O) groups excluding carboxylic acids is 1.